The standard InChI is InChI=1S/C19H21FN4/c1-12-3-5-16-15(9-12)19(24-8-7-21-13(2)11-24)23-18-10-14(20)4-6-17(18)22-16/h3-6,9-10,13,21-22H,7-8,11H2,1-2H3/t13-/m0/s1. The minimum atomic E-state index is -0.269. The van der Waals surface area contributed by atoms with E-state index in [4.69, 9.17) is 4.99 Å². The van der Waals surface area contributed by atoms with Crippen LogP contribution in [0.4, 0.5) is 21.5 Å². The van der Waals surface area contributed by atoms with Crippen LogP contribution in [0.25, 0.3) is 0 Å². The molecule has 2 heterocycles. The Hall–Kier alpha value is -2.40. The van der Waals surface area contributed by atoms with Gasteiger partial charge in [-0.2, -0.15) is 0 Å². The van der Waals surface area contributed by atoms with Crippen molar-refractivity contribution in [2.24, 2.45) is 4.99 Å². The number of amidine groups is 1. The lowest BCUT2D eigenvalue weighted by Gasteiger charge is -2.34. The zero-order valence-corrected chi connectivity index (χ0v) is 13.9. The molecule has 2 aliphatic heterocycles. The lowest BCUT2D eigenvalue weighted by Crippen LogP contribution is -2.51. The zero-order chi connectivity index (χ0) is 16.7. The first-order valence-electron chi connectivity index (χ1n) is 8.35. The molecule has 5 heteroatoms. The molecule has 0 amide bonds. The average Bonchev–Trinajstić information content (AvgIpc) is 2.71. The SMILES string of the molecule is Cc1ccc2c(c1)C(N1CCN[C@@H](C)C1)=Nc1cc(F)ccc1N2. The van der Waals surface area contributed by atoms with Crippen LogP contribution in [0.1, 0.15) is 18.1 Å². The van der Waals surface area contributed by atoms with Crippen molar-refractivity contribution in [3.8, 4) is 0 Å². The number of nitrogens with one attached hydrogen (secondary N) is 2. The van der Waals surface area contributed by atoms with Gasteiger partial charge in [0, 0.05) is 43.0 Å². The Kier molecular flexibility index (Phi) is 3.73. The quantitative estimate of drug-likeness (QED) is 0.778. The first kappa shape index (κ1) is 15.1. The Morgan fingerprint density at radius 1 is 1.17 bits per heavy atom. The number of hydrogen-bond acceptors (Lipinski definition) is 4. The summed E-state index contributed by atoms with van der Waals surface area (Å²) in [5, 5.41) is 6.87. The number of benzene rings is 2. The second-order valence-electron chi connectivity index (χ2n) is 6.57. The molecule has 0 radical (unpaired) electrons. The van der Waals surface area contributed by atoms with E-state index >= 15 is 0 Å². The van der Waals surface area contributed by atoms with Gasteiger partial charge in [0.15, 0.2) is 0 Å². The van der Waals surface area contributed by atoms with E-state index < -0.39 is 0 Å². The number of halogens is 1. The Labute approximate surface area is 141 Å². The van der Waals surface area contributed by atoms with Crippen LogP contribution in [0.2, 0.25) is 0 Å². The van der Waals surface area contributed by atoms with Gasteiger partial charge in [-0.3, -0.25) is 0 Å². The lowest BCUT2D eigenvalue weighted by atomic mass is 10.1. The van der Waals surface area contributed by atoms with Crippen molar-refractivity contribution in [3.05, 3.63) is 53.3 Å². The van der Waals surface area contributed by atoms with Crippen molar-refractivity contribution in [1.82, 2.24) is 10.2 Å². The van der Waals surface area contributed by atoms with Gasteiger partial charge in [-0.1, -0.05) is 11.6 Å². The maximum absolute atomic E-state index is 13.7. The van der Waals surface area contributed by atoms with Gasteiger partial charge in [0.1, 0.15) is 11.7 Å². The van der Waals surface area contributed by atoms with Gasteiger partial charge in [0.25, 0.3) is 0 Å². The number of anilines is 2. The molecule has 0 aromatic heterocycles. The topological polar surface area (TPSA) is 39.7 Å². The Morgan fingerprint density at radius 3 is 2.83 bits per heavy atom. The molecule has 0 aliphatic carbocycles. The number of rotatable bonds is 0. The summed E-state index contributed by atoms with van der Waals surface area (Å²) < 4.78 is 13.7. The van der Waals surface area contributed by atoms with Gasteiger partial charge in [-0.15, -0.1) is 0 Å². The fourth-order valence-electron chi connectivity index (χ4n) is 3.34. The van der Waals surface area contributed by atoms with Gasteiger partial charge < -0.3 is 15.5 Å². The van der Waals surface area contributed by atoms with E-state index in [9.17, 15) is 4.39 Å². The van der Waals surface area contributed by atoms with Crippen LogP contribution in [0, 0.1) is 12.7 Å². The van der Waals surface area contributed by atoms with Crippen molar-refractivity contribution in [3.63, 3.8) is 0 Å². The highest BCUT2D eigenvalue weighted by molar-refractivity contribution is 6.07. The van der Waals surface area contributed by atoms with Crippen LogP contribution >= 0.6 is 0 Å². The van der Waals surface area contributed by atoms with E-state index in [0.717, 1.165) is 42.4 Å². The molecule has 0 bridgehead atoms. The van der Waals surface area contributed by atoms with Crippen LogP contribution in [-0.4, -0.2) is 36.4 Å². The maximum Gasteiger partial charge on any atom is 0.138 e. The molecular weight excluding hydrogens is 303 g/mol. The molecule has 1 fully saturated rings. The number of aryl methyl sites for hydroxylation is 1. The van der Waals surface area contributed by atoms with E-state index in [0.29, 0.717) is 11.7 Å². The van der Waals surface area contributed by atoms with Crippen molar-refractivity contribution in [1.29, 1.82) is 0 Å². The first-order valence-corrected chi connectivity index (χ1v) is 8.35. The largest absolute Gasteiger partial charge is 0.353 e. The highest BCUT2D eigenvalue weighted by atomic mass is 19.1. The molecule has 1 saturated heterocycles. The minimum Gasteiger partial charge on any atom is -0.353 e. The second-order valence-corrected chi connectivity index (χ2v) is 6.57. The number of piperazine rings is 1. The zero-order valence-electron chi connectivity index (χ0n) is 13.9. The van der Waals surface area contributed by atoms with Gasteiger partial charge in [0.05, 0.1) is 11.4 Å². The molecule has 24 heavy (non-hydrogen) atoms. The third kappa shape index (κ3) is 2.76. The van der Waals surface area contributed by atoms with E-state index in [-0.39, 0.29) is 5.82 Å². The molecular formula is C19H21FN4. The van der Waals surface area contributed by atoms with Crippen molar-refractivity contribution in [2.45, 2.75) is 19.9 Å². The molecule has 0 saturated carbocycles. The van der Waals surface area contributed by atoms with Crippen LogP contribution < -0.4 is 10.6 Å². The molecule has 2 aliphatic rings. The summed E-state index contributed by atoms with van der Waals surface area (Å²) in [6.07, 6.45) is 0. The Morgan fingerprint density at radius 2 is 2.00 bits per heavy atom. The third-order valence-corrected chi connectivity index (χ3v) is 4.54. The summed E-state index contributed by atoms with van der Waals surface area (Å²) in [6, 6.07) is 11.4. The summed E-state index contributed by atoms with van der Waals surface area (Å²) in [7, 11) is 0. The fraction of sp³-hybridized carbons (Fsp3) is 0.316. The van der Waals surface area contributed by atoms with Crippen molar-refractivity contribution >= 4 is 22.9 Å². The maximum atomic E-state index is 13.7. The summed E-state index contributed by atoms with van der Waals surface area (Å²) in [5.41, 5.74) is 4.74. The number of fused-ring (bicyclic) bond motifs is 2. The van der Waals surface area contributed by atoms with Gasteiger partial charge in [-0.05, 0) is 38.1 Å². The number of hydrogen-bond donors (Lipinski definition) is 2. The molecule has 1 atom stereocenters. The van der Waals surface area contributed by atoms with Crippen LogP contribution in [0.15, 0.2) is 41.4 Å². The molecule has 124 valence electrons. The average molecular weight is 324 g/mol. The van der Waals surface area contributed by atoms with E-state index in [1.807, 2.05) is 0 Å². The lowest BCUT2D eigenvalue weighted by molar-refractivity contribution is 0.304. The molecule has 2 aromatic rings. The molecule has 4 nitrogen and oxygen atoms in total. The predicted molar refractivity (Wildman–Crippen MR) is 96.1 cm³/mol. The van der Waals surface area contributed by atoms with Crippen LogP contribution in [-0.2, 0) is 0 Å². The summed E-state index contributed by atoms with van der Waals surface area (Å²) in [4.78, 5) is 7.15. The molecule has 2 N–H and O–H groups in total. The van der Waals surface area contributed by atoms with Crippen LogP contribution in [0.5, 0.6) is 0 Å². The van der Waals surface area contributed by atoms with E-state index in [1.54, 1.807) is 6.07 Å². The molecule has 4 rings (SSSR count). The highest BCUT2D eigenvalue weighted by Crippen LogP contribution is 2.35. The molecule has 0 spiro atoms. The summed E-state index contributed by atoms with van der Waals surface area (Å²) in [6.45, 7) is 6.95. The first-order chi connectivity index (χ1) is 11.6. The van der Waals surface area contributed by atoms with Crippen molar-refractivity contribution in [2.75, 3.05) is 25.0 Å². The van der Waals surface area contributed by atoms with E-state index in [1.165, 1.54) is 17.7 Å². The number of nitrogens with zero attached hydrogens (tertiary/aromatic N) is 2. The van der Waals surface area contributed by atoms with Gasteiger partial charge in [-0.25, -0.2) is 9.38 Å². The summed E-state index contributed by atoms with van der Waals surface area (Å²) in [5.74, 6) is 0.647. The smallest absolute Gasteiger partial charge is 0.138 e. The number of aliphatic imine (C=N–C) groups is 1. The van der Waals surface area contributed by atoms with Gasteiger partial charge >= 0.3 is 0 Å². The van der Waals surface area contributed by atoms with Crippen LogP contribution in [0.3, 0.4) is 0 Å². The third-order valence-electron chi connectivity index (χ3n) is 4.54. The molecule has 0 unspecified atom stereocenters. The molecule has 2 aromatic carbocycles. The highest BCUT2D eigenvalue weighted by Gasteiger charge is 2.25. The summed E-state index contributed by atoms with van der Waals surface area (Å²) >= 11 is 0. The fourth-order valence-corrected chi connectivity index (χ4v) is 3.34. The van der Waals surface area contributed by atoms with Gasteiger partial charge in [0.2, 0.25) is 0 Å². The predicted octanol–water partition coefficient (Wildman–Crippen LogP) is 3.56. The van der Waals surface area contributed by atoms with E-state index in [2.05, 4.69) is 47.6 Å². The normalized spacial score (nSPS) is 19.7. The monoisotopic (exact) mass is 324 g/mol. The minimum absolute atomic E-state index is 0.269. The van der Waals surface area contributed by atoms with Crippen molar-refractivity contribution < 1.29 is 4.39 Å². The Balaban J connectivity index is 1.88. The second kappa shape index (κ2) is 5.91. The Bertz CT molecular complexity index is 815.